The number of halogens is 1. The van der Waals surface area contributed by atoms with Crippen LogP contribution in [0.1, 0.15) is 18.2 Å². The van der Waals surface area contributed by atoms with Crippen LogP contribution in [0.5, 0.6) is 0 Å². The van der Waals surface area contributed by atoms with E-state index in [-0.39, 0.29) is 0 Å². The van der Waals surface area contributed by atoms with Crippen LogP contribution in [-0.2, 0) is 13.1 Å². The topological polar surface area (TPSA) is 56.0 Å². The molecule has 6 nitrogen and oxygen atoms in total. The van der Waals surface area contributed by atoms with Gasteiger partial charge >= 0.3 is 0 Å². The van der Waals surface area contributed by atoms with Crippen molar-refractivity contribution in [3.63, 3.8) is 0 Å². The number of aliphatic imine (C=N–C) groups is 1. The molecule has 2 heterocycles. The van der Waals surface area contributed by atoms with Crippen molar-refractivity contribution in [2.24, 2.45) is 4.99 Å². The Morgan fingerprint density at radius 2 is 1.96 bits per heavy atom. The molecule has 1 fully saturated rings. The van der Waals surface area contributed by atoms with Crippen LogP contribution in [0.25, 0.3) is 0 Å². The Hall–Kier alpha value is -2.18. The number of rotatable bonds is 6. The van der Waals surface area contributed by atoms with Gasteiger partial charge in [-0.15, -0.1) is 0 Å². The second-order valence-corrected chi connectivity index (χ2v) is 7.06. The fourth-order valence-electron chi connectivity index (χ4n) is 3.13. The van der Waals surface area contributed by atoms with Gasteiger partial charge in [-0.3, -0.25) is 0 Å². The summed E-state index contributed by atoms with van der Waals surface area (Å²) in [4.78, 5) is 9.50. The van der Waals surface area contributed by atoms with Crippen LogP contribution in [0.3, 0.4) is 0 Å². The minimum Gasteiger partial charge on any atom is -0.467 e. The highest BCUT2D eigenvalue weighted by Crippen LogP contribution is 2.29. The molecule has 0 saturated carbocycles. The Balaban J connectivity index is 1.73. The average molecular weight is 390 g/mol. The van der Waals surface area contributed by atoms with Crippen LogP contribution in [0, 0.1) is 0 Å². The Morgan fingerprint density at radius 1 is 1.15 bits per heavy atom. The number of likely N-dealkylation sites (N-methyl/N-ethyl adjacent to an activating group) is 1. The van der Waals surface area contributed by atoms with Gasteiger partial charge in [0, 0.05) is 49.0 Å². The van der Waals surface area contributed by atoms with Gasteiger partial charge in [0.25, 0.3) is 0 Å². The lowest BCUT2D eigenvalue weighted by Crippen LogP contribution is -2.44. The van der Waals surface area contributed by atoms with Crippen molar-refractivity contribution < 1.29 is 4.42 Å². The molecule has 7 heteroatoms. The molecule has 0 amide bonds. The van der Waals surface area contributed by atoms with Crippen molar-refractivity contribution in [2.75, 3.05) is 44.7 Å². The zero-order valence-electron chi connectivity index (χ0n) is 16.0. The smallest absolute Gasteiger partial charge is 0.191 e. The molecule has 1 aromatic carbocycles. The van der Waals surface area contributed by atoms with E-state index in [4.69, 9.17) is 21.0 Å². The highest BCUT2D eigenvalue weighted by atomic mass is 35.5. The summed E-state index contributed by atoms with van der Waals surface area (Å²) in [6.07, 6.45) is 1.67. The molecule has 2 aromatic rings. The molecule has 0 aliphatic carbocycles. The summed E-state index contributed by atoms with van der Waals surface area (Å²) in [5.41, 5.74) is 2.25. The maximum absolute atomic E-state index is 6.53. The largest absolute Gasteiger partial charge is 0.467 e. The maximum Gasteiger partial charge on any atom is 0.191 e. The van der Waals surface area contributed by atoms with Crippen LogP contribution in [-0.4, -0.2) is 50.6 Å². The predicted molar refractivity (Wildman–Crippen MR) is 112 cm³/mol. The number of benzene rings is 1. The molecule has 0 spiro atoms. The first kappa shape index (κ1) is 19.6. The first-order valence-electron chi connectivity index (χ1n) is 9.43. The molecule has 3 rings (SSSR count). The van der Waals surface area contributed by atoms with Crippen molar-refractivity contribution in [3.05, 3.63) is 52.9 Å². The lowest BCUT2D eigenvalue weighted by atomic mass is 10.1. The lowest BCUT2D eigenvalue weighted by molar-refractivity contribution is 0.312. The first-order chi connectivity index (χ1) is 13.2. The summed E-state index contributed by atoms with van der Waals surface area (Å²) >= 11 is 6.53. The second-order valence-electron chi connectivity index (χ2n) is 6.66. The summed E-state index contributed by atoms with van der Waals surface area (Å²) in [5.74, 6) is 1.62. The second kappa shape index (κ2) is 9.67. The Morgan fingerprint density at radius 3 is 2.67 bits per heavy atom. The third kappa shape index (κ3) is 5.40. The number of anilines is 1. The van der Waals surface area contributed by atoms with E-state index in [1.165, 1.54) is 5.69 Å². The van der Waals surface area contributed by atoms with Crippen molar-refractivity contribution in [2.45, 2.75) is 20.0 Å². The van der Waals surface area contributed by atoms with E-state index in [0.717, 1.165) is 55.0 Å². The minimum absolute atomic E-state index is 0.523. The standard InChI is InChI=1S/C20H28ClN5O/c1-3-22-20(23-14-16-6-5-13-27-16)24-15-17-18(21)7-4-8-19(17)26-11-9-25(2)10-12-26/h4-8,13H,3,9-12,14-15H2,1-2H3,(H2,22,23,24). The number of hydrogen-bond donors (Lipinski definition) is 2. The van der Waals surface area contributed by atoms with E-state index in [2.05, 4.69) is 40.5 Å². The third-order valence-corrected chi connectivity index (χ3v) is 5.04. The van der Waals surface area contributed by atoms with E-state index in [0.29, 0.717) is 13.1 Å². The van der Waals surface area contributed by atoms with Crippen molar-refractivity contribution in [1.29, 1.82) is 0 Å². The molecule has 146 valence electrons. The van der Waals surface area contributed by atoms with Crippen LogP contribution >= 0.6 is 11.6 Å². The molecule has 1 saturated heterocycles. The zero-order chi connectivity index (χ0) is 19.1. The van der Waals surface area contributed by atoms with Crippen molar-refractivity contribution in [3.8, 4) is 0 Å². The summed E-state index contributed by atoms with van der Waals surface area (Å²) in [6.45, 7) is 8.08. The van der Waals surface area contributed by atoms with E-state index >= 15 is 0 Å². The van der Waals surface area contributed by atoms with Crippen LogP contribution < -0.4 is 15.5 Å². The summed E-state index contributed by atoms with van der Waals surface area (Å²) < 4.78 is 5.37. The zero-order valence-corrected chi connectivity index (χ0v) is 16.8. The van der Waals surface area contributed by atoms with E-state index in [9.17, 15) is 0 Å². The van der Waals surface area contributed by atoms with E-state index < -0.39 is 0 Å². The van der Waals surface area contributed by atoms with Gasteiger partial charge in [-0.05, 0) is 38.2 Å². The highest BCUT2D eigenvalue weighted by molar-refractivity contribution is 6.31. The Kier molecular flexibility index (Phi) is 7.01. The number of furan rings is 1. The molecule has 1 aliphatic heterocycles. The predicted octanol–water partition coefficient (Wildman–Crippen LogP) is 2.94. The molecule has 0 radical (unpaired) electrons. The first-order valence-corrected chi connectivity index (χ1v) is 9.80. The van der Waals surface area contributed by atoms with Gasteiger partial charge in [-0.1, -0.05) is 17.7 Å². The number of nitrogens with one attached hydrogen (secondary N) is 2. The number of guanidine groups is 1. The van der Waals surface area contributed by atoms with Gasteiger partial charge in [-0.25, -0.2) is 4.99 Å². The highest BCUT2D eigenvalue weighted by Gasteiger charge is 2.18. The summed E-state index contributed by atoms with van der Waals surface area (Å²) in [6, 6.07) is 9.92. The number of hydrogen-bond acceptors (Lipinski definition) is 4. The SMILES string of the molecule is CCNC(=NCc1c(Cl)cccc1N1CCN(C)CC1)NCc1ccco1. The van der Waals surface area contributed by atoms with Gasteiger partial charge in [0.15, 0.2) is 5.96 Å². The molecule has 1 aliphatic rings. The molecule has 1 aromatic heterocycles. The van der Waals surface area contributed by atoms with Gasteiger partial charge in [-0.2, -0.15) is 0 Å². The fourth-order valence-corrected chi connectivity index (χ4v) is 3.36. The number of piperazine rings is 1. The van der Waals surface area contributed by atoms with Crippen LogP contribution in [0.15, 0.2) is 46.0 Å². The third-order valence-electron chi connectivity index (χ3n) is 4.69. The monoisotopic (exact) mass is 389 g/mol. The molecule has 27 heavy (non-hydrogen) atoms. The molecule has 0 atom stereocenters. The molecular weight excluding hydrogens is 362 g/mol. The molecule has 2 N–H and O–H groups in total. The summed E-state index contributed by atoms with van der Waals surface area (Å²) in [7, 11) is 2.16. The van der Waals surface area contributed by atoms with Crippen LogP contribution in [0.2, 0.25) is 5.02 Å². The van der Waals surface area contributed by atoms with Crippen molar-refractivity contribution >= 4 is 23.2 Å². The van der Waals surface area contributed by atoms with Gasteiger partial charge in [0.1, 0.15) is 5.76 Å². The van der Waals surface area contributed by atoms with Gasteiger partial charge in [0.05, 0.1) is 19.4 Å². The molecular formula is C20H28ClN5O. The maximum atomic E-state index is 6.53. The van der Waals surface area contributed by atoms with E-state index in [1.807, 2.05) is 24.3 Å². The molecule has 0 bridgehead atoms. The lowest BCUT2D eigenvalue weighted by Gasteiger charge is -2.35. The van der Waals surface area contributed by atoms with E-state index in [1.54, 1.807) is 6.26 Å². The van der Waals surface area contributed by atoms with Gasteiger partial charge in [0.2, 0.25) is 0 Å². The minimum atomic E-state index is 0.523. The molecule has 0 unspecified atom stereocenters. The fraction of sp³-hybridized carbons (Fsp3) is 0.450. The quantitative estimate of drug-likeness (QED) is 0.587. The Bertz CT molecular complexity index is 739. The Labute approximate surface area is 166 Å². The van der Waals surface area contributed by atoms with Crippen LogP contribution in [0.4, 0.5) is 5.69 Å². The summed E-state index contributed by atoms with van der Waals surface area (Å²) in [5, 5.41) is 7.33. The normalized spacial score (nSPS) is 15.8. The average Bonchev–Trinajstić information content (AvgIpc) is 3.19. The van der Waals surface area contributed by atoms with Crippen molar-refractivity contribution in [1.82, 2.24) is 15.5 Å². The number of nitrogens with zero attached hydrogens (tertiary/aromatic N) is 3. The van der Waals surface area contributed by atoms with Gasteiger partial charge < -0.3 is 24.9 Å².